The van der Waals surface area contributed by atoms with E-state index in [1.807, 2.05) is 6.92 Å². The molecule has 0 heterocycles. The van der Waals surface area contributed by atoms with Crippen LogP contribution >= 0.6 is 0 Å². The van der Waals surface area contributed by atoms with Gasteiger partial charge in [-0.05, 0) is 25.7 Å². The molecule has 0 aromatic heterocycles. The molecule has 16 heavy (non-hydrogen) atoms. The molecule has 0 radical (unpaired) electrons. The first-order chi connectivity index (χ1) is 7.63. The van der Waals surface area contributed by atoms with E-state index in [-0.39, 0.29) is 17.9 Å². The van der Waals surface area contributed by atoms with Gasteiger partial charge in [-0.25, -0.2) is 0 Å². The summed E-state index contributed by atoms with van der Waals surface area (Å²) in [6.45, 7) is 1.86. The van der Waals surface area contributed by atoms with Crippen molar-refractivity contribution in [3.63, 3.8) is 0 Å². The van der Waals surface area contributed by atoms with Crippen LogP contribution in [0.2, 0.25) is 0 Å². The van der Waals surface area contributed by atoms with E-state index in [0.29, 0.717) is 6.42 Å². The lowest BCUT2D eigenvalue weighted by molar-refractivity contribution is -0.145. The summed E-state index contributed by atoms with van der Waals surface area (Å²) >= 11 is 0. The largest absolute Gasteiger partial charge is 0.469 e. The molecule has 1 aliphatic rings. The zero-order valence-corrected chi connectivity index (χ0v) is 10.1. The normalized spacial score (nSPS) is 18.8. The summed E-state index contributed by atoms with van der Waals surface area (Å²) in [6, 6.07) is 0.0306. The molecule has 2 N–H and O–H groups in total. The molecule has 3 nitrogen and oxygen atoms in total. The van der Waals surface area contributed by atoms with Crippen LogP contribution in [0.5, 0.6) is 0 Å². The van der Waals surface area contributed by atoms with Crippen molar-refractivity contribution >= 4 is 5.97 Å². The third kappa shape index (κ3) is 4.19. The van der Waals surface area contributed by atoms with Gasteiger partial charge in [0.15, 0.2) is 0 Å². The lowest BCUT2D eigenvalue weighted by Gasteiger charge is -2.17. The molecule has 1 aliphatic carbocycles. The van der Waals surface area contributed by atoms with Gasteiger partial charge in [0, 0.05) is 6.04 Å². The van der Waals surface area contributed by atoms with Gasteiger partial charge in [-0.3, -0.25) is 4.79 Å². The van der Waals surface area contributed by atoms with E-state index in [2.05, 4.69) is 23.0 Å². The third-order valence-electron chi connectivity index (χ3n) is 2.83. The van der Waals surface area contributed by atoms with Crippen LogP contribution in [-0.2, 0) is 9.53 Å². The predicted molar refractivity (Wildman–Crippen MR) is 64.8 cm³/mol. The third-order valence-corrected chi connectivity index (χ3v) is 2.83. The SMILES string of the molecule is COC(=O)[C@@H](C)C[C@@H](N)CC1=CCCC=C1. The fourth-order valence-corrected chi connectivity index (χ4v) is 1.96. The van der Waals surface area contributed by atoms with Crippen LogP contribution in [0, 0.1) is 5.92 Å². The van der Waals surface area contributed by atoms with Crippen LogP contribution in [0.3, 0.4) is 0 Å². The lowest BCUT2D eigenvalue weighted by Crippen LogP contribution is -2.27. The van der Waals surface area contributed by atoms with Gasteiger partial charge in [-0.1, -0.05) is 30.7 Å². The zero-order chi connectivity index (χ0) is 12.0. The Morgan fingerprint density at radius 2 is 2.31 bits per heavy atom. The molecule has 0 aromatic carbocycles. The average molecular weight is 223 g/mol. The quantitative estimate of drug-likeness (QED) is 0.727. The number of methoxy groups -OCH3 is 1. The van der Waals surface area contributed by atoms with Crippen molar-refractivity contribution in [2.45, 2.75) is 38.6 Å². The maximum atomic E-state index is 11.2. The number of rotatable bonds is 5. The Balaban J connectivity index is 2.35. The van der Waals surface area contributed by atoms with Gasteiger partial charge in [0.05, 0.1) is 13.0 Å². The van der Waals surface area contributed by atoms with Crippen LogP contribution in [0.15, 0.2) is 23.8 Å². The lowest BCUT2D eigenvalue weighted by atomic mass is 9.94. The number of hydrogen-bond donors (Lipinski definition) is 1. The highest BCUT2D eigenvalue weighted by atomic mass is 16.5. The number of esters is 1. The Hall–Kier alpha value is -1.09. The van der Waals surface area contributed by atoms with E-state index in [4.69, 9.17) is 5.73 Å². The Labute approximate surface area is 97.3 Å². The maximum Gasteiger partial charge on any atom is 0.308 e. The zero-order valence-electron chi connectivity index (χ0n) is 10.1. The van der Waals surface area contributed by atoms with Crippen molar-refractivity contribution in [1.29, 1.82) is 0 Å². The molecule has 2 atom stereocenters. The highest BCUT2D eigenvalue weighted by Gasteiger charge is 2.17. The Bertz CT molecular complexity index is 294. The number of allylic oxidation sites excluding steroid dienone is 3. The monoisotopic (exact) mass is 223 g/mol. The highest BCUT2D eigenvalue weighted by Crippen LogP contribution is 2.17. The first-order valence-corrected chi connectivity index (χ1v) is 5.82. The number of nitrogens with two attached hydrogens (primary N) is 1. The second kappa shape index (κ2) is 6.48. The van der Waals surface area contributed by atoms with Gasteiger partial charge in [0.2, 0.25) is 0 Å². The van der Waals surface area contributed by atoms with E-state index < -0.39 is 0 Å². The van der Waals surface area contributed by atoms with Crippen molar-refractivity contribution < 1.29 is 9.53 Å². The summed E-state index contributed by atoms with van der Waals surface area (Å²) in [5, 5.41) is 0. The number of hydrogen-bond acceptors (Lipinski definition) is 3. The average Bonchev–Trinajstić information content (AvgIpc) is 2.29. The van der Waals surface area contributed by atoms with Crippen molar-refractivity contribution in [3.05, 3.63) is 23.8 Å². The van der Waals surface area contributed by atoms with Crippen LogP contribution in [-0.4, -0.2) is 19.1 Å². The topological polar surface area (TPSA) is 52.3 Å². The second-order valence-corrected chi connectivity index (χ2v) is 4.38. The van der Waals surface area contributed by atoms with Gasteiger partial charge >= 0.3 is 5.97 Å². The molecule has 0 unspecified atom stereocenters. The predicted octanol–water partition coefficient (Wildman–Crippen LogP) is 2.18. The van der Waals surface area contributed by atoms with E-state index >= 15 is 0 Å². The van der Waals surface area contributed by atoms with E-state index in [9.17, 15) is 4.79 Å². The summed E-state index contributed by atoms with van der Waals surface area (Å²) in [4.78, 5) is 11.2. The minimum Gasteiger partial charge on any atom is -0.469 e. The first kappa shape index (κ1) is 13.0. The first-order valence-electron chi connectivity index (χ1n) is 5.82. The van der Waals surface area contributed by atoms with Crippen molar-refractivity contribution in [2.24, 2.45) is 11.7 Å². The number of ether oxygens (including phenoxy) is 1. The number of carbonyl (C=O) groups excluding carboxylic acids is 1. The van der Waals surface area contributed by atoms with Gasteiger partial charge in [-0.2, -0.15) is 0 Å². The van der Waals surface area contributed by atoms with Crippen molar-refractivity contribution in [2.75, 3.05) is 7.11 Å². The Morgan fingerprint density at radius 3 is 2.88 bits per heavy atom. The van der Waals surface area contributed by atoms with Crippen LogP contribution in [0.1, 0.15) is 32.6 Å². The van der Waals surface area contributed by atoms with Crippen molar-refractivity contribution in [3.8, 4) is 0 Å². The minimum absolute atomic E-state index is 0.0306. The van der Waals surface area contributed by atoms with E-state index in [1.54, 1.807) is 0 Å². The molecule has 90 valence electrons. The standard InChI is InChI=1S/C13H21NO2/c1-10(13(15)16-2)8-12(14)9-11-6-4-3-5-7-11/h4,6-7,10,12H,3,5,8-9,14H2,1-2H3/t10-,12+/m0/s1. The Morgan fingerprint density at radius 1 is 1.56 bits per heavy atom. The smallest absolute Gasteiger partial charge is 0.308 e. The summed E-state index contributed by atoms with van der Waals surface area (Å²) in [7, 11) is 1.41. The molecule has 0 amide bonds. The molecular weight excluding hydrogens is 202 g/mol. The summed E-state index contributed by atoms with van der Waals surface area (Å²) in [5.74, 6) is -0.295. The van der Waals surface area contributed by atoms with Crippen LogP contribution < -0.4 is 5.73 Å². The molecule has 0 aromatic rings. The summed E-state index contributed by atoms with van der Waals surface area (Å²) in [6.07, 6.45) is 10.3. The summed E-state index contributed by atoms with van der Waals surface area (Å²) in [5.41, 5.74) is 7.30. The maximum absolute atomic E-state index is 11.2. The minimum atomic E-state index is -0.177. The van der Waals surface area contributed by atoms with Crippen LogP contribution in [0.4, 0.5) is 0 Å². The van der Waals surface area contributed by atoms with E-state index in [0.717, 1.165) is 19.3 Å². The van der Waals surface area contributed by atoms with E-state index in [1.165, 1.54) is 12.7 Å². The molecule has 0 fully saturated rings. The Kier molecular flexibility index (Phi) is 5.26. The molecule has 0 spiro atoms. The van der Waals surface area contributed by atoms with Gasteiger partial charge in [0.1, 0.15) is 0 Å². The molecule has 0 aliphatic heterocycles. The van der Waals surface area contributed by atoms with Gasteiger partial charge < -0.3 is 10.5 Å². The van der Waals surface area contributed by atoms with Crippen molar-refractivity contribution in [1.82, 2.24) is 0 Å². The fraction of sp³-hybridized carbons (Fsp3) is 0.615. The van der Waals surface area contributed by atoms with Crippen LogP contribution in [0.25, 0.3) is 0 Å². The molecule has 0 saturated carbocycles. The molecule has 1 rings (SSSR count). The molecular formula is C13H21NO2. The van der Waals surface area contributed by atoms with Gasteiger partial charge in [0.25, 0.3) is 0 Å². The number of carbonyl (C=O) groups is 1. The molecule has 0 saturated heterocycles. The fourth-order valence-electron chi connectivity index (χ4n) is 1.96. The van der Waals surface area contributed by atoms with Gasteiger partial charge in [-0.15, -0.1) is 0 Å². The molecule has 3 heteroatoms. The summed E-state index contributed by atoms with van der Waals surface area (Å²) < 4.78 is 4.68. The highest BCUT2D eigenvalue weighted by molar-refractivity contribution is 5.71. The second-order valence-electron chi connectivity index (χ2n) is 4.38. The molecule has 0 bridgehead atoms.